The van der Waals surface area contributed by atoms with Gasteiger partial charge in [0, 0.05) is 5.41 Å². The Bertz CT molecular complexity index is 680. The molecule has 2 bridgehead atoms. The van der Waals surface area contributed by atoms with Crippen molar-refractivity contribution in [2.75, 3.05) is 0 Å². The fourth-order valence-electron chi connectivity index (χ4n) is 4.45. The van der Waals surface area contributed by atoms with Crippen LogP contribution in [0, 0.1) is 23.7 Å². The number of benzene rings is 1. The number of sulfonamides is 1. The predicted octanol–water partition coefficient (Wildman–Crippen LogP) is 2.46. The summed E-state index contributed by atoms with van der Waals surface area (Å²) in [6, 6.07) is 6.41. The van der Waals surface area contributed by atoms with Crippen molar-refractivity contribution in [1.82, 2.24) is 4.72 Å². The van der Waals surface area contributed by atoms with Crippen LogP contribution in [0.1, 0.15) is 39.2 Å². The van der Waals surface area contributed by atoms with E-state index in [2.05, 4.69) is 25.5 Å². The quantitative estimate of drug-likeness (QED) is 0.898. The van der Waals surface area contributed by atoms with Gasteiger partial charge in [-0.25, -0.2) is 13.1 Å². The number of aryl methyl sites for hydroxylation is 1. The van der Waals surface area contributed by atoms with Crippen LogP contribution >= 0.6 is 0 Å². The molecule has 5 heteroatoms. The fraction of sp³-hybridized carbons (Fsp3) is 0.647. The lowest BCUT2D eigenvalue weighted by Crippen LogP contribution is -2.49. The zero-order chi connectivity index (χ0) is 16.3. The SMILES string of the molecule is Cc1ccc(S(=O)(=O)NC2C3CC[C@](C)(C2O)C3(C)C)cc1. The highest BCUT2D eigenvalue weighted by molar-refractivity contribution is 7.89. The third-order valence-electron chi connectivity index (χ3n) is 6.42. The van der Waals surface area contributed by atoms with Crippen molar-refractivity contribution in [2.45, 2.75) is 57.6 Å². The minimum Gasteiger partial charge on any atom is -0.391 e. The fourth-order valence-corrected chi connectivity index (χ4v) is 5.73. The molecule has 1 aromatic carbocycles. The number of nitrogens with one attached hydrogen (secondary N) is 1. The minimum atomic E-state index is -3.60. The number of aliphatic hydroxyl groups is 1. The summed E-state index contributed by atoms with van der Waals surface area (Å²) in [5, 5.41) is 10.7. The highest BCUT2D eigenvalue weighted by Crippen LogP contribution is 2.65. The molecule has 22 heavy (non-hydrogen) atoms. The van der Waals surface area contributed by atoms with Gasteiger partial charge in [-0.2, -0.15) is 0 Å². The van der Waals surface area contributed by atoms with E-state index in [1.807, 2.05) is 6.92 Å². The van der Waals surface area contributed by atoms with Gasteiger partial charge in [0.1, 0.15) is 0 Å². The van der Waals surface area contributed by atoms with E-state index in [0.29, 0.717) is 0 Å². The molecule has 0 heterocycles. The molecule has 2 N–H and O–H groups in total. The van der Waals surface area contributed by atoms with Crippen LogP contribution in [0.15, 0.2) is 29.2 Å². The first kappa shape index (κ1) is 16.0. The van der Waals surface area contributed by atoms with Crippen molar-refractivity contribution in [2.24, 2.45) is 16.7 Å². The van der Waals surface area contributed by atoms with E-state index < -0.39 is 22.2 Å². The van der Waals surface area contributed by atoms with Gasteiger partial charge < -0.3 is 5.11 Å². The van der Waals surface area contributed by atoms with Crippen LogP contribution in [-0.2, 0) is 10.0 Å². The lowest BCUT2D eigenvalue weighted by Gasteiger charge is -2.37. The predicted molar refractivity (Wildman–Crippen MR) is 85.9 cm³/mol. The first-order valence-electron chi connectivity index (χ1n) is 7.87. The van der Waals surface area contributed by atoms with Gasteiger partial charge in [0.05, 0.1) is 17.0 Å². The molecule has 2 saturated carbocycles. The second kappa shape index (κ2) is 4.79. The molecule has 0 amide bonds. The molecular weight excluding hydrogens is 298 g/mol. The Balaban J connectivity index is 1.89. The summed E-state index contributed by atoms with van der Waals surface area (Å²) in [7, 11) is -3.60. The summed E-state index contributed by atoms with van der Waals surface area (Å²) in [5.41, 5.74) is 0.734. The second-order valence-electron chi connectivity index (χ2n) is 7.69. The van der Waals surface area contributed by atoms with E-state index in [4.69, 9.17) is 0 Å². The molecule has 2 aliphatic rings. The van der Waals surface area contributed by atoms with Crippen molar-refractivity contribution in [3.8, 4) is 0 Å². The van der Waals surface area contributed by atoms with Crippen molar-refractivity contribution < 1.29 is 13.5 Å². The molecule has 3 rings (SSSR count). The number of hydrogen-bond acceptors (Lipinski definition) is 3. The van der Waals surface area contributed by atoms with E-state index in [9.17, 15) is 13.5 Å². The average molecular weight is 323 g/mol. The number of fused-ring (bicyclic) bond motifs is 2. The Morgan fingerprint density at radius 2 is 1.77 bits per heavy atom. The molecule has 1 aromatic rings. The molecule has 0 aromatic heterocycles. The van der Waals surface area contributed by atoms with Crippen LogP contribution in [0.5, 0.6) is 0 Å². The maximum Gasteiger partial charge on any atom is 0.240 e. The Morgan fingerprint density at radius 1 is 1.18 bits per heavy atom. The maximum atomic E-state index is 12.6. The highest BCUT2D eigenvalue weighted by Gasteiger charge is 2.66. The first-order valence-corrected chi connectivity index (χ1v) is 9.35. The molecular formula is C17H25NO3S. The van der Waals surface area contributed by atoms with Gasteiger partial charge in [-0.15, -0.1) is 0 Å². The number of hydrogen-bond donors (Lipinski definition) is 2. The lowest BCUT2D eigenvalue weighted by atomic mass is 9.70. The van der Waals surface area contributed by atoms with Gasteiger partial charge >= 0.3 is 0 Å². The molecule has 4 nitrogen and oxygen atoms in total. The van der Waals surface area contributed by atoms with Gasteiger partial charge in [-0.3, -0.25) is 0 Å². The monoisotopic (exact) mass is 323 g/mol. The van der Waals surface area contributed by atoms with Gasteiger partial charge in [-0.05, 0) is 43.2 Å². The Kier molecular flexibility index (Phi) is 3.48. The smallest absolute Gasteiger partial charge is 0.240 e. The van der Waals surface area contributed by atoms with Gasteiger partial charge in [0.2, 0.25) is 10.0 Å². The zero-order valence-corrected chi connectivity index (χ0v) is 14.4. The average Bonchev–Trinajstić information content (AvgIpc) is 2.73. The second-order valence-corrected chi connectivity index (χ2v) is 9.40. The summed E-state index contributed by atoms with van der Waals surface area (Å²) >= 11 is 0. The van der Waals surface area contributed by atoms with Gasteiger partial charge in [0.15, 0.2) is 0 Å². The Labute approximate surface area is 133 Å². The van der Waals surface area contributed by atoms with Crippen LogP contribution in [-0.4, -0.2) is 25.7 Å². The summed E-state index contributed by atoms with van der Waals surface area (Å²) in [4.78, 5) is 0.260. The molecule has 3 unspecified atom stereocenters. The van der Waals surface area contributed by atoms with Crippen molar-refractivity contribution >= 4 is 10.0 Å². The van der Waals surface area contributed by atoms with Gasteiger partial charge in [-0.1, -0.05) is 38.5 Å². The summed E-state index contributed by atoms with van der Waals surface area (Å²) in [6.45, 7) is 8.30. The maximum absolute atomic E-state index is 12.6. The van der Waals surface area contributed by atoms with E-state index in [0.717, 1.165) is 18.4 Å². The van der Waals surface area contributed by atoms with Crippen LogP contribution in [0.2, 0.25) is 0 Å². The highest BCUT2D eigenvalue weighted by atomic mass is 32.2. The molecule has 2 aliphatic carbocycles. The summed E-state index contributed by atoms with van der Waals surface area (Å²) < 4.78 is 28.0. The minimum absolute atomic E-state index is 0.0626. The Morgan fingerprint density at radius 3 is 2.27 bits per heavy atom. The summed E-state index contributed by atoms with van der Waals surface area (Å²) in [5.74, 6) is 0.174. The van der Waals surface area contributed by atoms with Crippen LogP contribution in [0.3, 0.4) is 0 Å². The molecule has 0 saturated heterocycles. The number of aliphatic hydroxyl groups excluding tert-OH is 1. The van der Waals surface area contributed by atoms with Crippen LogP contribution in [0.25, 0.3) is 0 Å². The topological polar surface area (TPSA) is 66.4 Å². The summed E-state index contributed by atoms with van der Waals surface area (Å²) in [6.07, 6.45) is 1.28. The molecule has 0 spiro atoms. The first-order chi connectivity index (χ1) is 10.1. The molecule has 0 radical (unpaired) electrons. The Hall–Kier alpha value is -0.910. The standard InChI is InChI=1S/C17H25NO3S/c1-11-5-7-12(8-6-11)22(20,21)18-14-13-9-10-17(4,15(14)19)16(13,2)3/h5-8,13-15,18-19H,9-10H2,1-4H3/t13?,14?,15?,17-/m1/s1. The number of rotatable bonds is 3. The van der Waals surface area contributed by atoms with E-state index in [1.54, 1.807) is 24.3 Å². The van der Waals surface area contributed by atoms with Crippen LogP contribution < -0.4 is 4.72 Å². The molecule has 0 aliphatic heterocycles. The molecule has 2 fully saturated rings. The van der Waals surface area contributed by atoms with E-state index >= 15 is 0 Å². The van der Waals surface area contributed by atoms with Crippen molar-refractivity contribution in [3.05, 3.63) is 29.8 Å². The molecule has 4 atom stereocenters. The van der Waals surface area contributed by atoms with E-state index in [-0.39, 0.29) is 21.6 Å². The van der Waals surface area contributed by atoms with Crippen molar-refractivity contribution in [1.29, 1.82) is 0 Å². The van der Waals surface area contributed by atoms with E-state index in [1.165, 1.54) is 0 Å². The van der Waals surface area contributed by atoms with Gasteiger partial charge in [0.25, 0.3) is 0 Å². The normalized spacial score (nSPS) is 36.7. The van der Waals surface area contributed by atoms with Crippen molar-refractivity contribution in [3.63, 3.8) is 0 Å². The third kappa shape index (κ3) is 2.06. The van der Waals surface area contributed by atoms with Crippen LogP contribution in [0.4, 0.5) is 0 Å². The zero-order valence-electron chi connectivity index (χ0n) is 13.6. The third-order valence-corrected chi connectivity index (χ3v) is 7.90. The largest absolute Gasteiger partial charge is 0.391 e. The molecule has 122 valence electrons. The lowest BCUT2D eigenvalue weighted by molar-refractivity contribution is 0.00348.